The summed E-state index contributed by atoms with van der Waals surface area (Å²) in [6.07, 6.45) is 5.77. The first-order chi connectivity index (χ1) is 11.6. The summed E-state index contributed by atoms with van der Waals surface area (Å²) < 4.78 is 0. The highest BCUT2D eigenvalue weighted by molar-refractivity contribution is 5.97. The van der Waals surface area contributed by atoms with Gasteiger partial charge in [-0.25, -0.2) is 0 Å². The Morgan fingerprint density at radius 2 is 2.04 bits per heavy atom. The van der Waals surface area contributed by atoms with E-state index < -0.39 is 0 Å². The fourth-order valence-corrected chi connectivity index (χ4v) is 3.29. The molecular weight excluding hydrogens is 304 g/mol. The number of Topliss-reactive ketones (excluding diaryl/α,β-unsaturated/α-hetero) is 1. The fourth-order valence-electron chi connectivity index (χ4n) is 3.29. The van der Waals surface area contributed by atoms with Gasteiger partial charge in [0.15, 0.2) is 5.78 Å². The first-order valence-corrected chi connectivity index (χ1v) is 8.14. The largest absolute Gasteiger partial charge is 0.512 e. The van der Waals surface area contributed by atoms with E-state index in [2.05, 4.69) is 11.7 Å². The van der Waals surface area contributed by atoms with Crippen LogP contribution >= 0.6 is 0 Å². The Kier molecular flexibility index (Phi) is 6.18. The van der Waals surface area contributed by atoms with Gasteiger partial charge in [0.1, 0.15) is 0 Å². The van der Waals surface area contributed by atoms with E-state index in [-0.39, 0.29) is 23.4 Å². The van der Waals surface area contributed by atoms with Crippen LogP contribution in [-0.4, -0.2) is 22.3 Å². The third-order valence-electron chi connectivity index (χ3n) is 4.48. The summed E-state index contributed by atoms with van der Waals surface area (Å²) in [7, 11) is 0. The van der Waals surface area contributed by atoms with Crippen molar-refractivity contribution < 1.29 is 15.1 Å². The molecule has 0 saturated heterocycles. The number of nitrogen functional groups attached to an aromatic ring is 1. The molecule has 1 aliphatic rings. The molecule has 1 aromatic rings. The molecule has 1 aromatic carbocycles. The highest BCUT2D eigenvalue weighted by Gasteiger charge is 2.32. The summed E-state index contributed by atoms with van der Waals surface area (Å²) >= 11 is 0. The molecule has 0 amide bonds. The average molecular weight is 328 g/mol. The Morgan fingerprint density at radius 3 is 2.62 bits per heavy atom. The summed E-state index contributed by atoms with van der Waals surface area (Å²) in [5, 5.41) is 22.0. The maximum absolute atomic E-state index is 12.6. The standard InChI is InChI=1S/C19H24N2O3/c1-2-4-14(5-3-10-21-24)19-17(22)11-15(12-18(19)23)13-6-8-16(20)9-7-13/h2,6-10,14-15,22,24H,1,3-5,11-12,20H2. The molecule has 1 aliphatic carbocycles. The van der Waals surface area contributed by atoms with E-state index in [1.165, 1.54) is 6.21 Å². The molecular formula is C19H24N2O3. The van der Waals surface area contributed by atoms with E-state index in [9.17, 15) is 9.90 Å². The lowest BCUT2D eigenvalue weighted by Crippen LogP contribution is -2.23. The molecule has 0 fully saturated rings. The van der Waals surface area contributed by atoms with Crippen molar-refractivity contribution in [2.75, 3.05) is 5.73 Å². The summed E-state index contributed by atoms with van der Waals surface area (Å²) in [6.45, 7) is 3.73. The highest BCUT2D eigenvalue weighted by Crippen LogP contribution is 2.38. The maximum atomic E-state index is 12.6. The van der Waals surface area contributed by atoms with Gasteiger partial charge in [0.2, 0.25) is 0 Å². The summed E-state index contributed by atoms with van der Waals surface area (Å²) in [5.74, 6) is 0.0276. The molecule has 0 bridgehead atoms. The molecule has 5 nitrogen and oxygen atoms in total. The van der Waals surface area contributed by atoms with Crippen LogP contribution in [0.2, 0.25) is 0 Å². The number of oxime groups is 1. The fraction of sp³-hybridized carbons (Fsp3) is 0.368. The predicted molar refractivity (Wildman–Crippen MR) is 95.3 cm³/mol. The Morgan fingerprint density at radius 1 is 1.33 bits per heavy atom. The normalized spacial score (nSPS) is 19.7. The lowest BCUT2D eigenvalue weighted by atomic mass is 9.77. The van der Waals surface area contributed by atoms with Gasteiger partial charge >= 0.3 is 0 Å². The molecule has 2 unspecified atom stereocenters. The number of anilines is 1. The van der Waals surface area contributed by atoms with Gasteiger partial charge in [-0.2, -0.15) is 0 Å². The SMILES string of the molecule is C=CCC(CCC=NO)C1=C(O)CC(c2ccc(N)cc2)CC1=O. The van der Waals surface area contributed by atoms with Gasteiger partial charge in [-0.1, -0.05) is 18.2 Å². The number of aliphatic hydroxyl groups excluding tert-OH is 1. The molecule has 24 heavy (non-hydrogen) atoms. The van der Waals surface area contributed by atoms with Crippen LogP contribution in [-0.2, 0) is 4.79 Å². The zero-order valence-electron chi connectivity index (χ0n) is 13.7. The highest BCUT2D eigenvalue weighted by atomic mass is 16.4. The Labute approximate surface area is 142 Å². The quantitative estimate of drug-likeness (QED) is 0.232. The van der Waals surface area contributed by atoms with Crippen LogP contribution in [0.3, 0.4) is 0 Å². The monoisotopic (exact) mass is 328 g/mol. The van der Waals surface area contributed by atoms with E-state index in [4.69, 9.17) is 10.9 Å². The van der Waals surface area contributed by atoms with Crippen molar-refractivity contribution >= 4 is 17.7 Å². The van der Waals surface area contributed by atoms with E-state index in [1.807, 2.05) is 24.3 Å². The predicted octanol–water partition coefficient (Wildman–Crippen LogP) is 3.96. The number of carbonyl (C=O) groups is 1. The van der Waals surface area contributed by atoms with Crippen LogP contribution in [0.4, 0.5) is 5.69 Å². The van der Waals surface area contributed by atoms with Gasteiger partial charge in [-0.05, 0) is 48.8 Å². The number of aliphatic hydroxyl groups is 1. The first-order valence-electron chi connectivity index (χ1n) is 8.14. The first kappa shape index (κ1) is 17.8. The summed E-state index contributed by atoms with van der Waals surface area (Å²) in [5.41, 5.74) is 7.90. The number of rotatable bonds is 7. The minimum absolute atomic E-state index is 0.0200. The van der Waals surface area contributed by atoms with E-state index in [0.717, 1.165) is 5.56 Å². The van der Waals surface area contributed by atoms with Crippen LogP contribution in [0.25, 0.3) is 0 Å². The molecule has 2 rings (SSSR count). The second kappa shape index (κ2) is 8.34. The molecule has 128 valence electrons. The Balaban J connectivity index is 2.20. The molecule has 0 heterocycles. The zero-order valence-corrected chi connectivity index (χ0v) is 13.7. The lowest BCUT2D eigenvalue weighted by Gasteiger charge is -2.28. The third kappa shape index (κ3) is 4.25. The Hall–Kier alpha value is -2.56. The minimum atomic E-state index is -0.0969. The van der Waals surface area contributed by atoms with E-state index in [0.29, 0.717) is 43.4 Å². The zero-order chi connectivity index (χ0) is 17.5. The third-order valence-corrected chi connectivity index (χ3v) is 4.48. The number of ketones is 1. The molecule has 0 spiro atoms. The van der Waals surface area contributed by atoms with Crippen molar-refractivity contribution in [1.29, 1.82) is 0 Å². The van der Waals surface area contributed by atoms with Crippen LogP contribution in [0.15, 0.2) is 53.4 Å². The van der Waals surface area contributed by atoms with Crippen molar-refractivity contribution in [3.05, 3.63) is 53.8 Å². The Bertz CT molecular complexity index is 647. The van der Waals surface area contributed by atoms with Crippen LogP contribution in [0, 0.1) is 5.92 Å². The van der Waals surface area contributed by atoms with Crippen LogP contribution < -0.4 is 5.73 Å². The van der Waals surface area contributed by atoms with Gasteiger partial charge in [-0.15, -0.1) is 11.7 Å². The number of benzene rings is 1. The number of hydrogen-bond acceptors (Lipinski definition) is 5. The smallest absolute Gasteiger partial charge is 0.163 e. The summed E-state index contributed by atoms with van der Waals surface area (Å²) in [6, 6.07) is 7.44. The van der Waals surface area contributed by atoms with Crippen molar-refractivity contribution in [1.82, 2.24) is 0 Å². The molecule has 2 atom stereocenters. The van der Waals surface area contributed by atoms with Gasteiger partial charge in [-0.3, -0.25) is 4.79 Å². The molecule has 5 heteroatoms. The number of nitrogens with zero attached hydrogens (tertiary/aromatic N) is 1. The molecule has 0 saturated carbocycles. The second-order valence-corrected chi connectivity index (χ2v) is 6.15. The van der Waals surface area contributed by atoms with Crippen LogP contribution in [0.1, 0.15) is 43.6 Å². The van der Waals surface area contributed by atoms with E-state index in [1.54, 1.807) is 6.08 Å². The lowest BCUT2D eigenvalue weighted by molar-refractivity contribution is -0.117. The number of nitrogens with two attached hydrogens (primary N) is 1. The van der Waals surface area contributed by atoms with Crippen molar-refractivity contribution in [2.45, 2.75) is 38.0 Å². The van der Waals surface area contributed by atoms with Gasteiger partial charge < -0.3 is 16.0 Å². The molecule has 0 radical (unpaired) electrons. The van der Waals surface area contributed by atoms with Crippen molar-refractivity contribution in [3.8, 4) is 0 Å². The van der Waals surface area contributed by atoms with Crippen molar-refractivity contribution in [2.24, 2.45) is 11.1 Å². The number of hydrogen-bond donors (Lipinski definition) is 3. The summed E-state index contributed by atoms with van der Waals surface area (Å²) in [4.78, 5) is 12.6. The van der Waals surface area contributed by atoms with Gasteiger partial charge in [0.05, 0.1) is 5.76 Å². The molecule has 0 aliphatic heterocycles. The maximum Gasteiger partial charge on any atom is 0.163 e. The average Bonchev–Trinajstić information content (AvgIpc) is 2.55. The van der Waals surface area contributed by atoms with Gasteiger partial charge in [0.25, 0.3) is 0 Å². The molecule has 4 N–H and O–H groups in total. The van der Waals surface area contributed by atoms with Crippen molar-refractivity contribution in [3.63, 3.8) is 0 Å². The second-order valence-electron chi connectivity index (χ2n) is 6.15. The minimum Gasteiger partial charge on any atom is -0.512 e. The number of carbonyl (C=O) groups excluding carboxylic acids is 1. The topological polar surface area (TPSA) is 95.9 Å². The van der Waals surface area contributed by atoms with E-state index >= 15 is 0 Å². The molecule has 0 aromatic heterocycles. The number of allylic oxidation sites excluding steroid dienone is 3. The van der Waals surface area contributed by atoms with Crippen LogP contribution in [0.5, 0.6) is 0 Å². The van der Waals surface area contributed by atoms with Gasteiger partial charge in [0, 0.05) is 30.3 Å².